The highest BCUT2D eigenvalue weighted by Gasteiger charge is 2.50. The van der Waals surface area contributed by atoms with Crippen molar-refractivity contribution in [2.75, 3.05) is 13.7 Å². The van der Waals surface area contributed by atoms with E-state index in [1.54, 1.807) is 13.8 Å². The number of H-pyrrole nitrogens is 1. The van der Waals surface area contributed by atoms with Crippen LogP contribution in [0.5, 0.6) is 0 Å². The van der Waals surface area contributed by atoms with E-state index in [4.69, 9.17) is 42.9 Å². The number of nitrogens with zero attached hydrogens (tertiary/aromatic N) is 1. The van der Waals surface area contributed by atoms with Gasteiger partial charge in [-0.25, -0.2) is 9.36 Å². The molecule has 0 bridgehead atoms. The van der Waals surface area contributed by atoms with Gasteiger partial charge < -0.3 is 28.7 Å². The number of aromatic nitrogens is 2. The Balaban J connectivity index is 2.53. The number of hydrogen-bond donors (Lipinski definition) is 4. The van der Waals surface area contributed by atoms with Gasteiger partial charge >= 0.3 is 20.2 Å². The van der Waals surface area contributed by atoms with Gasteiger partial charge in [0.25, 0.3) is 5.56 Å². The van der Waals surface area contributed by atoms with E-state index in [0.29, 0.717) is 0 Å². The zero-order chi connectivity index (χ0) is 23.8. The number of ether oxygens (including phenoxy) is 2. The first kappa shape index (κ1) is 21.5. The number of phosphoric ester groups is 1. The highest BCUT2D eigenvalue weighted by molar-refractivity contribution is 8.07. The minimum absolute atomic E-state index is 0.585. The van der Waals surface area contributed by atoms with E-state index in [1.165, 1.54) is 0 Å². The van der Waals surface area contributed by atoms with Crippen molar-refractivity contribution in [1.29, 1.82) is 0 Å². The maximum absolute atomic E-state index is 12.2. The van der Waals surface area contributed by atoms with Crippen molar-refractivity contribution in [3.05, 3.63) is 33.1 Å². The zero-order valence-electron chi connectivity index (χ0n) is 17.4. The molecular weight excluding hydrogens is 454 g/mol. The Bertz CT molecular complexity index is 996. The molecule has 0 radical (unpaired) electrons. The Morgan fingerprint density at radius 3 is 2.55 bits per heavy atom. The van der Waals surface area contributed by atoms with E-state index < -0.39 is 63.0 Å². The summed E-state index contributed by atoms with van der Waals surface area (Å²) >= 11 is 4.92. The second kappa shape index (κ2) is 9.58. The monoisotopic (exact) mass is 478 g/mol. The molecule has 29 heavy (non-hydrogen) atoms. The molecule has 2 heterocycles. The Morgan fingerprint density at radius 1 is 1.38 bits per heavy atom. The van der Waals surface area contributed by atoms with Crippen molar-refractivity contribution in [3.63, 3.8) is 0 Å². The van der Waals surface area contributed by atoms with Crippen LogP contribution in [0, 0.1) is 0 Å². The molecule has 1 aromatic heterocycles. The predicted molar refractivity (Wildman–Crippen MR) is 102 cm³/mol. The van der Waals surface area contributed by atoms with Crippen molar-refractivity contribution in [2.45, 2.75) is 44.5 Å². The number of nitrogens with one attached hydrogen (secondary N) is 1. The van der Waals surface area contributed by atoms with Gasteiger partial charge in [0.15, 0.2) is 6.23 Å². The number of hydrogen-bond acceptors (Lipinski definition) is 9. The maximum atomic E-state index is 12.2. The topological polar surface area (TPSA) is 179 Å². The van der Waals surface area contributed by atoms with E-state index in [1.807, 2.05) is 4.98 Å². The minimum atomic E-state index is -5.35. The van der Waals surface area contributed by atoms with Gasteiger partial charge in [-0.1, -0.05) is 0 Å². The van der Waals surface area contributed by atoms with Crippen molar-refractivity contribution < 1.29 is 45.0 Å². The zero-order valence-corrected chi connectivity index (χ0v) is 18.0. The van der Waals surface area contributed by atoms with Crippen LogP contribution in [0.4, 0.5) is 0 Å². The fraction of sp³-hybridized carbons (Fsp3) is 0.692. The number of rotatable bonds is 9. The average molecular weight is 478 g/mol. The van der Waals surface area contributed by atoms with Crippen LogP contribution in [0.1, 0.15) is 22.8 Å². The van der Waals surface area contributed by atoms with Gasteiger partial charge in [-0.3, -0.25) is 23.4 Å². The quantitative estimate of drug-likeness (QED) is 0.338. The van der Waals surface area contributed by atoms with Gasteiger partial charge in [0.2, 0.25) is 0 Å². The van der Waals surface area contributed by atoms with Crippen molar-refractivity contribution >= 4 is 26.3 Å². The third kappa shape index (κ3) is 6.88. The Hall–Kier alpha value is -0.760. The molecule has 1 saturated heterocycles. The molecule has 0 amide bonds. The molecule has 5 atom stereocenters. The van der Waals surface area contributed by atoms with Gasteiger partial charge in [0.05, 0.1) is 15.4 Å². The molecule has 13 nitrogen and oxygen atoms in total. The van der Waals surface area contributed by atoms with Crippen LogP contribution in [0.25, 0.3) is 0 Å². The average Bonchev–Trinajstić information content (AvgIpc) is 2.89. The Labute approximate surface area is 172 Å². The largest absolute Gasteiger partial charge is 0.469 e. The highest BCUT2D eigenvalue weighted by atomic mass is 32.5. The lowest BCUT2D eigenvalue weighted by Crippen LogP contribution is -2.40. The molecule has 2 unspecified atom stereocenters. The van der Waals surface area contributed by atoms with Crippen LogP contribution in [0.15, 0.2) is 21.9 Å². The molecule has 16 heteroatoms. The Kier molecular flexibility index (Phi) is 7.10. The third-order valence-corrected chi connectivity index (χ3v) is 5.53. The summed E-state index contributed by atoms with van der Waals surface area (Å²) in [7, 11) is -4.20. The van der Waals surface area contributed by atoms with E-state index in [-0.39, 0.29) is 0 Å². The summed E-state index contributed by atoms with van der Waals surface area (Å²) in [6, 6.07) is 0.986. The lowest BCUT2D eigenvalue weighted by atomic mass is 10.1. The number of aromatic amines is 1. The molecule has 0 spiro atoms. The van der Waals surface area contributed by atoms with Crippen molar-refractivity contribution in [1.82, 2.24) is 9.55 Å². The minimum Gasteiger partial charge on any atom is -0.374 e. The lowest BCUT2D eigenvalue weighted by molar-refractivity contribution is -0.0620. The summed E-state index contributed by atoms with van der Waals surface area (Å²) in [6.45, 7) is -4.13. The fourth-order valence-corrected chi connectivity index (χ4v) is 4.69. The van der Waals surface area contributed by atoms with Crippen LogP contribution in [0.3, 0.4) is 0 Å². The summed E-state index contributed by atoms with van der Waals surface area (Å²) in [6.07, 6.45) is -5.97. The SMILES string of the molecule is [2H]C([2H])(OP(=O)(O)O)[C@H]1O[C@@H](n2ccc(=O)[nH]c2=O)C(OC)[C@H]1OP(O)(=S)OC(C)C. The van der Waals surface area contributed by atoms with Crippen LogP contribution < -0.4 is 11.2 Å². The van der Waals surface area contributed by atoms with Crippen LogP contribution in [-0.2, 0) is 39.4 Å². The molecule has 1 aromatic rings. The first-order chi connectivity index (χ1) is 14.1. The smallest absolute Gasteiger partial charge is 0.374 e. The molecule has 0 saturated carbocycles. The third-order valence-electron chi connectivity index (χ3n) is 3.47. The van der Waals surface area contributed by atoms with E-state index in [2.05, 4.69) is 4.52 Å². The highest BCUT2D eigenvalue weighted by Crippen LogP contribution is 2.50. The van der Waals surface area contributed by atoms with E-state index in [0.717, 1.165) is 23.9 Å². The first-order valence-electron chi connectivity index (χ1n) is 9.02. The summed E-state index contributed by atoms with van der Waals surface area (Å²) in [4.78, 5) is 54.0. The van der Waals surface area contributed by atoms with E-state index in [9.17, 15) is 19.0 Å². The molecule has 1 fully saturated rings. The normalized spacial score (nSPS) is 28.8. The summed E-state index contributed by atoms with van der Waals surface area (Å²) in [5.74, 6) is 0. The lowest BCUT2D eigenvalue weighted by Gasteiger charge is -2.27. The van der Waals surface area contributed by atoms with Gasteiger partial charge in [0.1, 0.15) is 18.3 Å². The molecule has 1 aliphatic heterocycles. The summed E-state index contributed by atoms with van der Waals surface area (Å²) in [5.41, 5.74) is -1.66. The second-order valence-electron chi connectivity index (χ2n) is 6.06. The molecule has 1 aliphatic rings. The Morgan fingerprint density at radius 2 is 2.03 bits per heavy atom. The van der Waals surface area contributed by atoms with Crippen LogP contribution in [-0.4, -0.2) is 62.3 Å². The van der Waals surface area contributed by atoms with Crippen LogP contribution in [0.2, 0.25) is 0 Å². The number of phosphoric acid groups is 1. The number of methoxy groups -OCH3 is 1. The predicted octanol–water partition coefficient (Wildman–Crippen LogP) is -0.415. The van der Waals surface area contributed by atoms with Gasteiger partial charge in [0, 0.05) is 19.4 Å². The van der Waals surface area contributed by atoms with Gasteiger partial charge in [-0.15, -0.1) is 0 Å². The van der Waals surface area contributed by atoms with Crippen molar-refractivity contribution in [2.24, 2.45) is 0 Å². The van der Waals surface area contributed by atoms with E-state index >= 15 is 0 Å². The van der Waals surface area contributed by atoms with Gasteiger partial charge in [-0.05, 0) is 25.7 Å². The summed E-state index contributed by atoms with van der Waals surface area (Å²) in [5, 5.41) is 0. The molecule has 0 aliphatic carbocycles. The summed E-state index contributed by atoms with van der Waals surface area (Å²) < 4.78 is 53.5. The molecular formula is C13H22N2O11P2S. The van der Waals surface area contributed by atoms with Gasteiger partial charge in [-0.2, -0.15) is 0 Å². The van der Waals surface area contributed by atoms with Crippen LogP contribution >= 0.6 is 14.5 Å². The first-order valence-corrected chi connectivity index (χ1v) is 12.1. The molecule has 166 valence electrons. The standard InChI is InChI=1S/C13H22N2O11P2S/c1-7(2)25-28(21,29)26-10-8(6-23-27(18,19)20)24-12(11(10)22-3)15-5-4-9(16)14-13(15)17/h4-5,7-8,10-12H,6H2,1-3H3,(H,21,29)(H,14,16,17)(H2,18,19,20)/t8-,10+,11?,12-,28?/m1/s1/i6D2. The van der Waals surface area contributed by atoms with Crippen molar-refractivity contribution in [3.8, 4) is 0 Å². The fourth-order valence-electron chi connectivity index (χ4n) is 2.52. The second-order valence-corrected chi connectivity index (χ2v) is 9.96. The molecule has 0 aromatic carbocycles. The molecule has 2 rings (SSSR count). The maximum Gasteiger partial charge on any atom is 0.469 e. The molecule has 4 N–H and O–H groups in total.